The van der Waals surface area contributed by atoms with Crippen LogP contribution in [0.3, 0.4) is 0 Å². The van der Waals surface area contributed by atoms with E-state index < -0.39 is 5.82 Å². The number of anilines is 1. The van der Waals surface area contributed by atoms with Crippen molar-refractivity contribution in [3.05, 3.63) is 29.0 Å². The molecule has 0 aromatic heterocycles. The molecule has 6 heteroatoms. The number of carbonyl (C=O) groups is 1. The van der Waals surface area contributed by atoms with Gasteiger partial charge in [-0.15, -0.1) is 0 Å². The SMILES string of the molecule is CN1CCCCC1CNC(=O)Nc1cc(F)cc(Cl)c1. The summed E-state index contributed by atoms with van der Waals surface area (Å²) in [6, 6.07) is 3.97. The maximum Gasteiger partial charge on any atom is 0.319 e. The summed E-state index contributed by atoms with van der Waals surface area (Å²) >= 11 is 5.73. The molecule has 2 amide bonds. The minimum atomic E-state index is -0.472. The molecule has 2 rings (SSSR count). The van der Waals surface area contributed by atoms with Crippen molar-refractivity contribution in [3.63, 3.8) is 0 Å². The summed E-state index contributed by atoms with van der Waals surface area (Å²) in [4.78, 5) is 14.0. The molecule has 20 heavy (non-hydrogen) atoms. The summed E-state index contributed by atoms with van der Waals surface area (Å²) in [6.07, 6.45) is 3.49. The predicted molar refractivity (Wildman–Crippen MR) is 78.7 cm³/mol. The Labute approximate surface area is 123 Å². The van der Waals surface area contributed by atoms with Crippen LogP contribution < -0.4 is 10.6 Å². The molecule has 1 aromatic rings. The van der Waals surface area contributed by atoms with Crippen molar-refractivity contribution in [2.24, 2.45) is 0 Å². The van der Waals surface area contributed by atoms with E-state index in [2.05, 4.69) is 22.6 Å². The van der Waals surface area contributed by atoms with Gasteiger partial charge in [0.25, 0.3) is 0 Å². The second-order valence-corrected chi connectivity index (χ2v) is 5.56. The topological polar surface area (TPSA) is 44.4 Å². The molecule has 110 valence electrons. The van der Waals surface area contributed by atoms with E-state index in [9.17, 15) is 9.18 Å². The molecule has 0 bridgehead atoms. The molecule has 0 saturated carbocycles. The van der Waals surface area contributed by atoms with Gasteiger partial charge in [0.2, 0.25) is 0 Å². The number of hydrogen-bond acceptors (Lipinski definition) is 2. The number of amides is 2. The largest absolute Gasteiger partial charge is 0.336 e. The van der Waals surface area contributed by atoms with E-state index in [-0.39, 0.29) is 11.1 Å². The number of rotatable bonds is 3. The molecule has 2 N–H and O–H groups in total. The highest BCUT2D eigenvalue weighted by Crippen LogP contribution is 2.18. The van der Waals surface area contributed by atoms with E-state index >= 15 is 0 Å². The van der Waals surface area contributed by atoms with Crippen LogP contribution in [0.5, 0.6) is 0 Å². The average Bonchev–Trinajstić information content (AvgIpc) is 2.36. The van der Waals surface area contributed by atoms with Gasteiger partial charge in [-0.25, -0.2) is 9.18 Å². The van der Waals surface area contributed by atoms with E-state index in [1.807, 2.05) is 0 Å². The lowest BCUT2D eigenvalue weighted by Gasteiger charge is -2.32. The van der Waals surface area contributed by atoms with Gasteiger partial charge in [0, 0.05) is 23.3 Å². The lowest BCUT2D eigenvalue weighted by atomic mass is 10.0. The molecule has 1 aliphatic rings. The third kappa shape index (κ3) is 4.35. The van der Waals surface area contributed by atoms with Crippen LogP contribution in [0.1, 0.15) is 19.3 Å². The van der Waals surface area contributed by atoms with Crippen LogP contribution in [0.2, 0.25) is 5.02 Å². The van der Waals surface area contributed by atoms with Crippen molar-refractivity contribution in [3.8, 4) is 0 Å². The molecule has 1 aliphatic heterocycles. The zero-order valence-electron chi connectivity index (χ0n) is 11.5. The van der Waals surface area contributed by atoms with Gasteiger partial charge < -0.3 is 15.5 Å². The van der Waals surface area contributed by atoms with E-state index in [0.717, 1.165) is 13.0 Å². The van der Waals surface area contributed by atoms with Crippen LogP contribution in [0.25, 0.3) is 0 Å². The third-order valence-corrected chi connectivity index (χ3v) is 3.76. The predicted octanol–water partition coefficient (Wildman–Crippen LogP) is 3.08. The van der Waals surface area contributed by atoms with E-state index in [1.165, 1.54) is 31.0 Å². The normalized spacial score (nSPS) is 19.6. The van der Waals surface area contributed by atoms with Gasteiger partial charge in [0.15, 0.2) is 0 Å². The molecule has 1 atom stereocenters. The van der Waals surface area contributed by atoms with Crippen LogP contribution in [0, 0.1) is 5.82 Å². The standard InChI is InChI=1S/C14H19ClFN3O/c1-19-5-3-2-4-13(19)9-17-14(20)18-12-7-10(15)6-11(16)8-12/h6-8,13H,2-5,9H2,1H3,(H2,17,18,20). The Kier molecular flexibility index (Phi) is 5.20. The molecule has 0 spiro atoms. The maximum atomic E-state index is 13.1. The van der Waals surface area contributed by atoms with Gasteiger partial charge in [-0.05, 0) is 44.6 Å². The Hall–Kier alpha value is -1.33. The molecule has 1 unspecified atom stereocenters. The number of nitrogens with zero attached hydrogens (tertiary/aromatic N) is 1. The molecular formula is C14H19ClFN3O. The van der Waals surface area contributed by atoms with Gasteiger partial charge in [-0.1, -0.05) is 18.0 Å². The number of hydrogen-bond donors (Lipinski definition) is 2. The lowest BCUT2D eigenvalue weighted by Crippen LogP contribution is -2.45. The van der Waals surface area contributed by atoms with Crippen LogP contribution in [-0.2, 0) is 0 Å². The van der Waals surface area contributed by atoms with E-state index in [4.69, 9.17) is 11.6 Å². The molecule has 1 saturated heterocycles. The van der Waals surface area contributed by atoms with E-state index in [0.29, 0.717) is 18.3 Å². The van der Waals surface area contributed by atoms with Crippen molar-refractivity contribution in [1.29, 1.82) is 0 Å². The Morgan fingerprint density at radius 1 is 1.45 bits per heavy atom. The van der Waals surface area contributed by atoms with E-state index in [1.54, 1.807) is 0 Å². The lowest BCUT2D eigenvalue weighted by molar-refractivity contribution is 0.182. The van der Waals surface area contributed by atoms with Crippen molar-refractivity contribution >= 4 is 23.3 Å². The third-order valence-electron chi connectivity index (χ3n) is 3.54. The fourth-order valence-corrected chi connectivity index (χ4v) is 2.64. The monoisotopic (exact) mass is 299 g/mol. The fourth-order valence-electron chi connectivity index (χ4n) is 2.41. The number of nitrogens with one attached hydrogen (secondary N) is 2. The molecule has 0 radical (unpaired) electrons. The molecule has 1 aromatic carbocycles. The molecule has 4 nitrogen and oxygen atoms in total. The average molecular weight is 300 g/mol. The second-order valence-electron chi connectivity index (χ2n) is 5.12. The van der Waals surface area contributed by atoms with Crippen LogP contribution in [0.4, 0.5) is 14.9 Å². The Bertz CT molecular complexity index is 463. The number of carbonyl (C=O) groups excluding carboxylic acids is 1. The first-order valence-electron chi connectivity index (χ1n) is 6.76. The number of likely N-dealkylation sites (tertiary alicyclic amines) is 1. The highest BCUT2D eigenvalue weighted by Gasteiger charge is 2.19. The number of halogens is 2. The number of likely N-dealkylation sites (N-methyl/N-ethyl adjacent to an activating group) is 1. The maximum absolute atomic E-state index is 13.1. The Balaban J connectivity index is 1.83. The minimum Gasteiger partial charge on any atom is -0.336 e. The summed E-state index contributed by atoms with van der Waals surface area (Å²) in [5.74, 6) is -0.472. The first-order chi connectivity index (χ1) is 9.54. The van der Waals surface area contributed by atoms with Crippen LogP contribution in [-0.4, -0.2) is 37.1 Å². The van der Waals surface area contributed by atoms with Crippen molar-refractivity contribution < 1.29 is 9.18 Å². The quantitative estimate of drug-likeness (QED) is 0.901. The fraction of sp³-hybridized carbons (Fsp3) is 0.500. The number of urea groups is 1. The zero-order chi connectivity index (χ0) is 14.5. The van der Waals surface area contributed by atoms with Crippen molar-refractivity contribution in [1.82, 2.24) is 10.2 Å². The Morgan fingerprint density at radius 2 is 2.25 bits per heavy atom. The molecule has 0 aliphatic carbocycles. The number of benzene rings is 1. The minimum absolute atomic E-state index is 0.257. The first kappa shape index (κ1) is 15.1. The summed E-state index contributed by atoms with van der Waals surface area (Å²) < 4.78 is 13.1. The summed E-state index contributed by atoms with van der Waals surface area (Å²) in [7, 11) is 2.07. The smallest absolute Gasteiger partial charge is 0.319 e. The first-order valence-corrected chi connectivity index (χ1v) is 7.13. The molecule has 1 heterocycles. The Morgan fingerprint density at radius 3 is 2.95 bits per heavy atom. The molecule has 1 fully saturated rings. The van der Waals surface area contributed by atoms with Gasteiger partial charge in [-0.3, -0.25) is 0 Å². The summed E-state index contributed by atoms with van der Waals surface area (Å²) in [5, 5.41) is 5.65. The van der Waals surface area contributed by atoms with Crippen LogP contribution in [0.15, 0.2) is 18.2 Å². The number of piperidine rings is 1. The van der Waals surface area contributed by atoms with Crippen molar-refractivity contribution in [2.45, 2.75) is 25.3 Å². The van der Waals surface area contributed by atoms with Crippen molar-refractivity contribution in [2.75, 3.05) is 25.5 Å². The highest BCUT2D eigenvalue weighted by molar-refractivity contribution is 6.30. The van der Waals surface area contributed by atoms with Gasteiger partial charge >= 0.3 is 6.03 Å². The zero-order valence-corrected chi connectivity index (χ0v) is 12.2. The summed E-state index contributed by atoms with van der Waals surface area (Å²) in [6.45, 7) is 1.65. The van der Waals surface area contributed by atoms with Crippen LogP contribution >= 0.6 is 11.6 Å². The summed E-state index contributed by atoms with van der Waals surface area (Å²) in [5.41, 5.74) is 0.351. The van der Waals surface area contributed by atoms with Gasteiger partial charge in [0.1, 0.15) is 5.82 Å². The van der Waals surface area contributed by atoms with Gasteiger partial charge in [-0.2, -0.15) is 0 Å². The van der Waals surface area contributed by atoms with Gasteiger partial charge in [0.05, 0.1) is 0 Å². The highest BCUT2D eigenvalue weighted by atomic mass is 35.5. The second kappa shape index (κ2) is 6.90. The molecular weight excluding hydrogens is 281 g/mol.